The number of nitrogens with zero attached hydrogens (tertiary/aromatic N) is 3. The summed E-state index contributed by atoms with van der Waals surface area (Å²) >= 11 is 0. The van der Waals surface area contributed by atoms with Gasteiger partial charge < -0.3 is 29.1 Å². The maximum absolute atomic E-state index is 12.0. The molecule has 2 fully saturated rings. The van der Waals surface area contributed by atoms with Crippen LogP contribution in [0.3, 0.4) is 0 Å². The smallest absolute Gasteiger partial charge is 0.410 e. The van der Waals surface area contributed by atoms with Gasteiger partial charge in [0, 0.05) is 56.8 Å². The molecular weight excluding hydrogens is 466 g/mol. The van der Waals surface area contributed by atoms with Gasteiger partial charge in [0.2, 0.25) is 5.88 Å². The number of hydrogen-bond acceptors (Lipinski definition) is 8. The van der Waals surface area contributed by atoms with E-state index >= 15 is 0 Å². The molecule has 2 saturated heterocycles. The number of ketones is 1. The van der Waals surface area contributed by atoms with Crippen LogP contribution in [0.1, 0.15) is 72.8 Å². The molecular formula is C26H41N3O7. The lowest BCUT2D eigenvalue weighted by Crippen LogP contribution is -2.46. The monoisotopic (exact) mass is 507 g/mol. The van der Waals surface area contributed by atoms with Crippen molar-refractivity contribution in [3.63, 3.8) is 0 Å². The van der Waals surface area contributed by atoms with Crippen molar-refractivity contribution >= 4 is 18.0 Å². The number of likely N-dealkylation sites (tertiary alicyclic amines) is 2. The normalized spacial score (nSPS) is 18.1. The van der Waals surface area contributed by atoms with Gasteiger partial charge in [-0.1, -0.05) is 0 Å². The SMILES string of the molecule is CC(C)(C)OC(=O)N1CCC(=O)CC1.COc1ccc(C2(O)CCN(C(=O)OC(C)(C)C)CC2)cn1. The average Bonchev–Trinajstić information content (AvgIpc) is 2.78. The Morgan fingerprint density at radius 2 is 1.36 bits per heavy atom. The maximum Gasteiger partial charge on any atom is 0.410 e. The van der Waals surface area contributed by atoms with Crippen LogP contribution in [-0.2, 0) is 19.9 Å². The van der Waals surface area contributed by atoms with Crippen molar-refractivity contribution in [3.05, 3.63) is 23.9 Å². The Kier molecular flexibility index (Phi) is 9.70. The van der Waals surface area contributed by atoms with E-state index in [0.717, 1.165) is 5.56 Å². The molecule has 0 aromatic carbocycles. The molecule has 10 nitrogen and oxygen atoms in total. The average molecular weight is 508 g/mol. The van der Waals surface area contributed by atoms with Crippen molar-refractivity contribution in [2.45, 2.75) is 84.0 Å². The number of piperidine rings is 2. The van der Waals surface area contributed by atoms with E-state index in [1.807, 2.05) is 47.6 Å². The van der Waals surface area contributed by atoms with E-state index in [1.165, 1.54) is 0 Å². The second kappa shape index (κ2) is 11.9. The van der Waals surface area contributed by atoms with Gasteiger partial charge in [0.1, 0.15) is 17.0 Å². The van der Waals surface area contributed by atoms with Gasteiger partial charge in [0.05, 0.1) is 12.7 Å². The summed E-state index contributed by atoms with van der Waals surface area (Å²) in [5, 5.41) is 10.8. The zero-order valence-corrected chi connectivity index (χ0v) is 22.6. The number of hydrogen-bond donors (Lipinski definition) is 1. The number of rotatable bonds is 2. The van der Waals surface area contributed by atoms with Crippen LogP contribution in [0.4, 0.5) is 9.59 Å². The van der Waals surface area contributed by atoms with Gasteiger partial charge in [-0.15, -0.1) is 0 Å². The lowest BCUT2D eigenvalue weighted by Gasteiger charge is -2.38. The fraction of sp³-hybridized carbons (Fsp3) is 0.692. The van der Waals surface area contributed by atoms with Gasteiger partial charge in [-0.2, -0.15) is 0 Å². The van der Waals surface area contributed by atoms with Crippen LogP contribution in [0.2, 0.25) is 0 Å². The van der Waals surface area contributed by atoms with Gasteiger partial charge in [-0.05, 0) is 60.5 Å². The molecule has 36 heavy (non-hydrogen) atoms. The Bertz CT molecular complexity index is 886. The van der Waals surface area contributed by atoms with Crippen molar-refractivity contribution in [1.82, 2.24) is 14.8 Å². The van der Waals surface area contributed by atoms with Crippen LogP contribution in [0, 0.1) is 0 Å². The number of pyridine rings is 1. The highest BCUT2D eigenvalue weighted by molar-refractivity contribution is 5.81. The summed E-state index contributed by atoms with van der Waals surface area (Å²) in [6.45, 7) is 12.9. The molecule has 1 aromatic heterocycles. The zero-order chi connectivity index (χ0) is 27.1. The summed E-state index contributed by atoms with van der Waals surface area (Å²) in [4.78, 5) is 41.8. The molecule has 0 unspecified atom stereocenters. The number of aromatic nitrogens is 1. The summed E-state index contributed by atoms with van der Waals surface area (Å²) < 4.78 is 15.6. The highest BCUT2D eigenvalue weighted by Gasteiger charge is 2.37. The summed E-state index contributed by atoms with van der Waals surface area (Å²) in [6, 6.07) is 3.54. The van der Waals surface area contributed by atoms with E-state index in [4.69, 9.17) is 14.2 Å². The molecule has 2 amide bonds. The van der Waals surface area contributed by atoms with Crippen molar-refractivity contribution < 1.29 is 33.7 Å². The number of carbonyl (C=O) groups excluding carboxylic acids is 3. The molecule has 0 atom stereocenters. The molecule has 0 aliphatic carbocycles. The first kappa shape index (κ1) is 29.4. The lowest BCUT2D eigenvalue weighted by atomic mass is 9.85. The molecule has 0 bridgehead atoms. The lowest BCUT2D eigenvalue weighted by molar-refractivity contribution is -0.121. The third-order valence-electron chi connectivity index (χ3n) is 5.70. The Morgan fingerprint density at radius 1 is 0.889 bits per heavy atom. The molecule has 3 rings (SSSR count). The molecule has 3 heterocycles. The summed E-state index contributed by atoms with van der Waals surface area (Å²) in [5.41, 5.74) is -1.18. The fourth-order valence-electron chi connectivity index (χ4n) is 3.72. The molecule has 1 aromatic rings. The Balaban J connectivity index is 0.000000281. The van der Waals surface area contributed by atoms with Crippen LogP contribution < -0.4 is 4.74 Å². The summed E-state index contributed by atoms with van der Waals surface area (Å²) in [5.74, 6) is 0.739. The molecule has 0 saturated carbocycles. The highest BCUT2D eigenvalue weighted by Crippen LogP contribution is 2.33. The fourth-order valence-corrected chi connectivity index (χ4v) is 3.72. The summed E-state index contributed by atoms with van der Waals surface area (Å²) in [7, 11) is 1.55. The predicted molar refractivity (Wildman–Crippen MR) is 134 cm³/mol. The van der Waals surface area contributed by atoms with Crippen molar-refractivity contribution in [2.75, 3.05) is 33.3 Å². The van der Waals surface area contributed by atoms with E-state index in [2.05, 4.69) is 4.98 Å². The molecule has 10 heteroatoms. The Hall–Kier alpha value is -2.88. The first-order valence-electron chi connectivity index (χ1n) is 12.3. The van der Waals surface area contributed by atoms with E-state index < -0.39 is 16.8 Å². The predicted octanol–water partition coefficient (Wildman–Crippen LogP) is 3.90. The largest absolute Gasteiger partial charge is 0.481 e. The van der Waals surface area contributed by atoms with E-state index in [-0.39, 0.29) is 18.0 Å². The molecule has 2 aliphatic heterocycles. The van der Waals surface area contributed by atoms with Crippen molar-refractivity contribution in [2.24, 2.45) is 0 Å². The first-order chi connectivity index (χ1) is 16.6. The molecule has 0 spiro atoms. The number of methoxy groups -OCH3 is 1. The maximum atomic E-state index is 12.0. The molecule has 0 radical (unpaired) electrons. The van der Waals surface area contributed by atoms with Gasteiger partial charge in [0.25, 0.3) is 0 Å². The third-order valence-corrected chi connectivity index (χ3v) is 5.70. The second-order valence-corrected chi connectivity index (χ2v) is 11.1. The van der Waals surface area contributed by atoms with Gasteiger partial charge in [0.15, 0.2) is 0 Å². The van der Waals surface area contributed by atoms with Gasteiger partial charge >= 0.3 is 12.2 Å². The number of ether oxygens (including phenoxy) is 3. The quantitative estimate of drug-likeness (QED) is 0.640. The van der Waals surface area contributed by atoms with Crippen LogP contribution in [-0.4, -0.2) is 82.4 Å². The third kappa shape index (κ3) is 9.29. The summed E-state index contributed by atoms with van der Waals surface area (Å²) in [6.07, 6.45) is 2.81. The number of aliphatic hydroxyl groups is 1. The molecule has 2 aliphatic rings. The Labute approximate surface area is 213 Å². The topological polar surface area (TPSA) is 118 Å². The number of Topliss-reactive ketones (excluding diaryl/α,β-unsaturated/α-hetero) is 1. The van der Waals surface area contributed by atoms with E-state index in [9.17, 15) is 19.5 Å². The standard InChI is InChI=1S/C16H24N2O4.C10H17NO3/c1-15(2,3)22-14(19)18-9-7-16(20,8-10-18)12-5-6-13(21-4)17-11-12;1-10(2,3)14-9(13)11-6-4-8(12)5-7-11/h5-6,11,20H,7-10H2,1-4H3;4-7H2,1-3H3. The minimum Gasteiger partial charge on any atom is -0.481 e. The van der Waals surface area contributed by atoms with Crippen molar-refractivity contribution in [3.8, 4) is 5.88 Å². The van der Waals surface area contributed by atoms with Crippen LogP contribution >= 0.6 is 0 Å². The van der Waals surface area contributed by atoms with Crippen molar-refractivity contribution in [1.29, 1.82) is 0 Å². The van der Waals surface area contributed by atoms with Crippen LogP contribution in [0.25, 0.3) is 0 Å². The molecule has 202 valence electrons. The van der Waals surface area contributed by atoms with E-state index in [1.54, 1.807) is 29.2 Å². The minimum absolute atomic E-state index is 0.227. The van der Waals surface area contributed by atoms with E-state index in [0.29, 0.717) is 57.7 Å². The van der Waals surface area contributed by atoms with Crippen LogP contribution in [0.5, 0.6) is 5.88 Å². The first-order valence-corrected chi connectivity index (χ1v) is 12.3. The number of amides is 2. The van der Waals surface area contributed by atoms with Crippen LogP contribution in [0.15, 0.2) is 18.3 Å². The minimum atomic E-state index is -0.961. The molecule has 1 N–H and O–H groups in total. The highest BCUT2D eigenvalue weighted by atomic mass is 16.6. The zero-order valence-electron chi connectivity index (χ0n) is 22.6. The second-order valence-electron chi connectivity index (χ2n) is 11.1. The Morgan fingerprint density at radius 3 is 1.75 bits per heavy atom. The van der Waals surface area contributed by atoms with Gasteiger partial charge in [-0.3, -0.25) is 4.79 Å². The van der Waals surface area contributed by atoms with Gasteiger partial charge in [-0.25, -0.2) is 14.6 Å². The number of carbonyl (C=O) groups is 3.